The Morgan fingerprint density at radius 3 is 2.59 bits per heavy atom. The normalized spacial score (nSPS) is 22.6. The van der Waals surface area contributed by atoms with Gasteiger partial charge >= 0.3 is 0 Å². The monoisotopic (exact) mass is 238 g/mol. The fraction of sp³-hybridized carbons (Fsp3) is 0.929. The van der Waals surface area contributed by atoms with Crippen molar-refractivity contribution in [3.8, 4) is 0 Å². The van der Waals surface area contributed by atoms with Crippen LogP contribution in [-0.2, 0) is 4.79 Å². The van der Waals surface area contributed by atoms with Gasteiger partial charge in [-0.1, -0.05) is 19.8 Å². The van der Waals surface area contributed by atoms with Crippen LogP contribution in [0, 0.1) is 11.3 Å². The number of hydrogen-bond acceptors (Lipinski definition) is 2. The molecule has 2 fully saturated rings. The van der Waals surface area contributed by atoms with Gasteiger partial charge in [-0.05, 0) is 50.0 Å². The molecule has 0 atom stereocenters. The maximum atomic E-state index is 11.7. The quantitative estimate of drug-likeness (QED) is 0.713. The second-order valence-electron chi connectivity index (χ2n) is 5.91. The molecule has 3 nitrogen and oxygen atoms in total. The summed E-state index contributed by atoms with van der Waals surface area (Å²) in [6.45, 7) is 4.65. The summed E-state index contributed by atoms with van der Waals surface area (Å²) in [5.41, 5.74) is 0.409. The van der Waals surface area contributed by atoms with E-state index in [4.69, 9.17) is 0 Å². The molecule has 1 amide bonds. The molecule has 2 aliphatic rings. The Kier molecular flexibility index (Phi) is 4.43. The van der Waals surface area contributed by atoms with Gasteiger partial charge in [-0.25, -0.2) is 0 Å². The predicted octanol–water partition coefficient (Wildman–Crippen LogP) is 2.07. The molecule has 2 rings (SSSR count). The van der Waals surface area contributed by atoms with Crippen molar-refractivity contribution in [3.05, 3.63) is 0 Å². The van der Waals surface area contributed by atoms with Crippen LogP contribution in [0.1, 0.15) is 51.9 Å². The van der Waals surface area contributed by atoms with Gasteiger partial charge in [0.1, 0.15) is 0 Å². The minimum atomic E-state index is 0.172. The fourth-order valence-electron chi connectivity index (χ4n) is 2.84. The average Bonchev–Trinajstić information content (AvgIpc) is 3.04. The topological polar surface area (TPSA) is 41.1 Å². The molecular formula is C14H26N2O. The highest BCUT2D eigenvalue weighted by Gasteiger charge is 2.32. The lowest BCUT2D eigenvalue weighted by atomic mass is 9.83. The third kappa shape index (κ3) is 3.98. The zero-order valence-electron chi connectivity index (χ0n) is 11.1. The smallest absolute Gasteiger partial charge is 0.233 e. The average molecular weight is 238 g/mol. The first-order valence-corrected chi connectivity index (χ1v) is 7.21. The number of amides is 1. The Morgan fingerprint density at radius 1 is 1.29 bits per heavy atom. The van der Waals surface area contributed by atoms with Crippen molar-refractivity contribution in [1.82, 2.24) is 10.6 Å². The third-order valence-electron chi connectivity index (χ3n) is 4.49. The summed E-state index contributed by atoms with van der Waals surface area (Å²) >= 11 is 0. The number of carbonyl (C=O) groups excluding carboxylic acids is 1. The predicted molar refractivity (Wildman–Crippen MR) is 69.8 cm³/mol. The fourth-order valence-corrected chi connectivity index (χ4v) is 2.84. The molecule has 0 saturated heterocycles. The van der Waals surface area contributed by atoms with Gasteiger partial charge in [0.2, 0.25) is 5.91 Å². The van der Waals surface area contributed by atoms with E-state index in [-0.39, 0.29) is 5.91 Å². The summed E-state index contributed by atoms with van der Waals surface area (Å²) in [6, 6.07) is 0. The SMILES string of the molecule is CCC1(CNC(=O)CNCC2CC2)CCCC1. The van der Waals surface area contributed by atoms with Crippen molar-refractivity contribution in [3.63, 3.8) is 0 Å². The molecule has 98 valence electrons. The van der Waals surface area contributed by atoms with Crippen LogP contribution in [-0.4, -0.2) is 25.5 Å². The van der Waals surface area contributed by atoms with Crippen LogP contribution in [0.15, 0.2) is 0 Å². The van der Waals surface area contributed by atoms with Crippen LogP contribution < -0.4 is 10.6 Å². The van der Waals surface area contributed by atoms with Crippen LogP contribution in [0.5, 0.6) is 0 Å². The molecule has 0 aromatic carbocycles. The van der Waals surface area contributed by atoms with Gasteiger partial charge in [-0.3, -0.25) is 4.79 Å². The van der Waals surface area contributed by atoms with E-state index in [0.29, 0.717) is 12.0 Å². The summed E-state index contributed by atoms with van der Waals surface area (Å²) < 4.78 is 0. The zero-order chi connectivity index (χ0) is 12.1. The number of hydrogen-bond donors (Lipinski definition) is 2. The first kappa shape index (κ1) is 12.9. The van der Waals surface area contributed by atoms with Crippen molar-refractivity contribution in [1.29, 1.82) is 0 Å². The number of nitrogens with one attached hydrogen (secondary N) is 2. The van der Waals surface area contributed by atoms with Gasteiger partial charge in [0.25, 0.3) is 0 Å². The summed E-state index contributed by atoms with van der Waals surface area (Å²) in [5, 5.41) is 6.35. The molecule has 0 aromatic rings. The molecule has 0 radical (unpaired) electrons. The van der Waals surface area contributed by atoms with Gasteiger partial charge in [-0.15, -0.1) is 0 Å². The second kappa shape index (κ2) is 5.85. The van der Waals surface area contributed by atoms with E-state index in [9.17, 15) is 4.79 Å². The lowest BCUT2D eigenvalue weighted by Crippen LogP contribution is -2.40. The molecule has 0 heterocycles. The molecule has 3 heteroatoms. The van der Waals surface area contributed by atoms with E-state index < -0.39 is 0 Å². The van der Waals surface area contributed by atoms with Crippen LogP contribution >= 0.6 is 0 Å². The van der Waals surface area contributed by atoms with Crippen molar-refractivity contribution < 1.29 is 4.79 Å². The minimum absolute atomic E-state index is 0.172. The Labute approximate surface area is 105 Å². The van der Waals surface area contributed by atoms with E-state index in [1.54, 1.807) is 0 Å². The zero-order valence-corrected chi connectivity index (χ0v) is 11.1. The minimum Gasteiger partial charge on any atom is -0.354 e. The molecule has 0 unspecified atom stereocenters. The maximum Gasteiger partial charge on any atom is 0.233 e. The van der Waals surface area contributed by atoms with Gasteiger partial charge in [0.15, 0.2) is 0 Å². The highest BCUT2D eigenvalue weighted by atomic mass is 16.1. The molecule has 0 bridgehead atoms. The van der Waals surface area contributed by atoms with Crippen molar-refractivity contribution >= 4 is 5.91 Å². The lowest BCUT2D eigenvalue weighted by Gasteiger charge is -2.27. The second-order valence-corrected chi connectivity index (χ2v) is 5.91. The Bertz CT molecular complexity index is 255. The summed E-state index contributed by atoms with van der Waals surface area (Å²) in [7, 11) is 0. The highest BCUT2D eigenvalue weighted by molar-refractivity contribution is 5.78. The molecule has 2 aliphatic carbocycles. The largest absolute Gasteiger partial charge is 0.354 e. The van der Waals surface area contributed by atoms with Crippen LogP contribution in [0.3, 0.4) is 0 Å². The van der Waals surface area contributed by atoms with Gasteiger partial charge < -0.3 is 10.6 Å². The molecular weight excluding hydrogens is 212 g/mol. The van der Waals surface area contributed by atoms with E-state index in [1.165, 1.54) is 44.9 Å². The van der Waals surface area contributed by atoms with E-state index in [2.05, 4.69) is 17.6 Å². The molecule has 2 N–H and O–H groups in total. The van der Waals surface area contributed by atoms with Gasteiger partial charge in [0.05, 0.1) is 6.54 Å². The number of rotatable bonds is 7. The van der Waals surface area contributed by atoms with E-state index in [1.807, 2.05) is 0 Å². The lowest BCUT2D eigenvalue weighted by molar-refractivity contribution is -0.120. The summed E-state index contributed by atoms with van der Waals surface area (Å²) in [6.07, 6.45) is 9.13. The summed E-state index contributed by atoms with van der Waals surface area (Å²) in [4.78, 5) is 11.7. The van der Waals surface area contributed by atoms with Crippen molar-refractivity contribution in [2.45, 2.75) is 51.9 Å². The Morgan fingerprint density at radius 2 is 2.00 bits per heavy atom. The van der Waals surface area contributed by atoms with Crippen LogP contribution in [0.2, 0.25) is 0 Å². The van der Waals surface area contributed by atoms with Gasteiger partial charge in [-0.2, -0.15) is 0 Å². The molecule has 0 aromatic heterocycles. The molecule has 2 saturated carbocycles. The molecule has 17 heavy (non-hydrogen) atoms. The van der Waals surface area contributed by atoms with Crippen molar-refractivity contribution in [2.75, 3.05) is 19.6 Å². The Balaban J connectivity index is 1.60. The molecule has 0 spiro atoms. The first-order chi connectivity index (χ1) is 8.24. The van der Waals surface area contributed by atoms with Gasteiger partial charge in [0, 0.05) is 6.54 Å². The van der Waals surface area contributed by atoms with E-state index >= 15 is 0 Å². The molecule has 0 aliphatic heterocycles. The third-order valence-corrected chi connectivity index (χ3v) is 4.49. The van der Waals surface area contributed by atoms with Crippen LogP contribution in [0.4, 0.5) is 0 Å². The number of carbonyl (C=O) groups is 1. The standard InChI is InChI=1S/C14H26N2O/c1-2-14(7-3-4-8-14)11-16-13(17)10-15-9-12-5-6-12/h12,15H,2-11H2,1H3,(H,16,17). The first-order valence-electron chi connectivity index (χ1n) is 7.21. The Hall–Kier alpha value is -0.570. The highest BCUT2D eigenvalue weighted by Crippen LogP contribution is 2.40. The van der Waals surface area contributed by atoms with Crippen LogP contribution in [0.25, 0.3) is 0 Å². The maximum absolute atomic E-state index is 11.7. The summed E-state index contributed by atoms with van der Waals surface area (Å²) in [5.74, 6) is 1.02. The van der Waals surface area contributed by atoms with Crippen molar-refractivity contribution in [2.24, 2.45) is 11.3 Å². The van der Waals surface area contributed by atoms with E-state index in [0.717, 1.165) is 19.0 Å².